The van der Waals surface area contributed by atoms with Gasteiger partial charge in [-0.2, -0.15) is 0 Å². The van der Waals surface area contributed by atoms with Crippen LogP contribution in [0.25, 0.3) is 0 Å². The van der Waals surface area contributed by atoms with Gasteiger partial charge in [0.1, 0.15) is 0 Å². The Hall–Kier alpha value is -0.780. The molecule has 0 radical (unpaired) electrons. The van der Waals surface area contributed by atoms with E-state index in [2.05, 4.69) is 4.99 Å². The predicted molar refractivity (Wildman–Crippen MR) is 77.7 cm³/mol. The van der Waals surface area contributed by atoms with E-state index in [-0.39, 0.29) is 0 Å². The van der Waals surface area contributed by atoms with Crippen LogP contribution in [-0.2, 0) is 23.7 Å². The fraction of sp³-hybridized carbons (Fsp3) is 0.933. The highest BCUT2D eigenvalue weighted by molar-refractivity contribution is 5.32. The zero-order valence-electron chi connectivity index (χ0n) is 13.4. The molecular formula is C15H27NO5. The lowest BCUT2D eigenvalue weighted by Gasteiger charge is -2.51. The Morgan fingerprint density at radius 3 is 2.38 bits per heavy atom. The summed E-state index contributed by atoms with van der Waals surface area (Å²) in [5, 5.41) is 0. The molecule has 0 aromatic heterocycles. The molecule has 1 unspecified atom stereocenters. The van der Waals surface area contributed by atoms with Crippen molar-refractivity contribution in [2.24, 2.45) is 4.99 Å². The smallest absolute Gasteiger partial charge is 0.234 e. The van der Waals surface area contributed by atoms with E-state index in [1.165, 1.54) is 0 Å². The molecule has 0 amide bonds. The average molecular weight is 301 g/mol. The van der Waals surface area contributed by atoms with Gasteiger partial charge < -0.3 is 18.9 Å². The van der Waals surface area contributed by atoms with Gasteiger partial charge in [0, 0.05) is 32.7 Å². The van der Waals surface area contributed by atoms with Crippen molar-refractivity contribution in [2.45, 2.75) is 58.0 Å². The van der Waals surface area contributed by atoms with Crippen molar-refractivity contribution >= 4 is 6.08 Å². The number of ether oxygens (including phenoxy) is 4. The standard InChI is InChI=1S/C15H27NO5/c1-4-18-14(19-5-2)10-8-12-21-15(14,20-6-3)9-7-11-16-13-17/h4-12H2,1-3H3. The maximum Gasteiger partial charge on any atom is 0.234 e. The third-order valence-corrected chi connectivity index (χ3v) is 3.54. The summed E-state index contributed by atoms with van der Waals surface area (Å²) < 4.78 is 23.9. The zero-order chi connectivity index (χ0) is 15.6. The molecule has 21 heavy (non-hydrogen) atoms. The summed E-state index contributed by atoms with van der Waals surface area (Å²) in [7, 11) is 0. The minimum atomic E-state index is -0.940. The van der Waals surface area contributed by atoms with Gasteiger partial charge in [-0.25, -0.2) is 9.79 Å². The summed E-state index contributed by atoms with van der Waals surface area (Å²) in [6, 6.07) is 0. The molecule has 0 aromatic carbocycles. The van der Waals surface area contributed by atoms with Gasteiger partial charge in [-0.15, -0.1) is 0 Å². The first kappa shape index (κ1) is 18.3. The van der Waals surface area contributed by atoms with Crippen molar-refractivity contribution in [2.75, 3.05) is 33.0 Å². The highest BCUT2D eigenvalue weighted by atomic mass is 16.8. The van der Waals surface area contributed by atoms with Crippen LogP contribution >= 0.6 is 0 Å². The highest BCUT2D eigenvalue weighted by Crippen LogP contribution is 2.43. The van der Waals surface area contributed by atoms with Gasteiger partial charge in [-0.05, 0) is 33.6 Å². The van der Waals surface area contributed by atoms with Gasteiger partial charge >= 0.3 is 0 Å². The molecule has 122 valence electrons. The lowest BCUT2D eigenvalue weighted by Crippen LogP contribution is -2.63. The minimum Gasteiger partial charge on any atom is -0.346 e. The lowest BCUT2D eigenvalue weighted by atomic mass is 9.92. The van der Waals surface area contributed by atoms with E-state index in [0.29, 0.717) is 45.8 Å². The number of rotatable bonds is 10. The average Bonchev–Trinajstić information content (AvgIpc) is 2.47. The number of carbonyl (C=O) groups excluding carboxylic acids is 1. The zero-order valence-corrected chi connectivity index (χ0v) is 13.4. The van der Waals surface area contributed by atoms with Gasteiger partial charge in [-0.1, -0.05) is 0 Å². The second-order valence-corrected chi connectivity index (χ2v) is 4.83. The first-order valence-corrected chi connectivity index (χ1v) is 7.79. The van der Waals surface area contributed by atoms with Gasteiger partial charge in [-0.3, -0.25) is 0 Å². The molecule has 1 atom stereocenters. The van der Waals surface area contributed by atoms with E-state index in [1.807, 2.05) is 20.8 Å². The van der Waals surface area contributed by atoms with Crippen LogP contribution < -0.4 is 0 Å². The molecule has 1 saturated heterocycles. The van der Waals surface area contributed by atoms with Crippen molar-refractivity contribution < 1.29 is 23.7 Å². The first-order chi connectivity index (χ1) is 10.2. The molecule has 1 rings (SSSR count). The molecule has 1 heterocycles. The number of nitrogens with zero attached hydrogens (tertiary/aromatic N) is 1. The molecule has 0 aliphatic carbocycles. The third-order valence-electron chi connectivity index (χ3n) is 3.54. The topological polar surface area (TPSA) is 66.3 Å². The van der Waals surface area contributed by atoms with Gasteiger partial charge in [0.05, 0.1) is 13.2 Å². The van der Waals surface area contributed by atoms with Crippen LogP contribution in [-0.4, -0.2) is 50.6 Å². The molecule has 0 bridgehead atoms. The lowest BCUT2D eigenvalue weighted by molar-refractivity contribution is -0.427. The Kier molecular flexibility index (Phi) is 8.07. The van der Waals surface area contributed by atoms with Gasteiger partial charge in [0.15, 0.2) is 0 Å². The normalized spacial score (nSPS) is 24.5. The van der Waals surface area contributed by atoms with E-state index in [4.69, 9.17) is 18.9 Å². The van der Waals surface area contributed by atoms with Crippen molar-refractivity contribution in [3.8, 4) is 0 Å². The molecule has 0 spiro atoms. The SMILES string of the molecule is CCOC1(OCC)CCCOC1(CCCN=C=O)OCC. The summed E-state index contributed by atoms with van der Waals surface area (Å²) >= 11 is 0. The molecule has 1 fully saturated rings. The first-order valence-electron chi connectivity index (χ1n) is 7.79. The number of aliphatic imine (C=N–C) groups is 1. The van der Waals surface area contributed by atoms with E-state index < -0.39 is 11.6 Å². The van der Waals surface area contributed by atoms with E-state index in [9.17, 15) is 4.79 Å². The summed E-state index contributed by atoms with van der Waals surface area (Å²) in [4.78, 5) is 13.8. The minimum absolute atomic E-state index is 0.399. The molecule has 0 saturated carbocycles. The van der Waals surface area contributed by atoms with Crippen molar-refractivity contribution in [3.63, 3.8) is 0 Å². The summed E-state index contributed by atoms with van der Waals surface area (Å²) in [5.41, 5.74) is 0. The number of hydrogen-bond donors (Lipinski definition) is 0. The van der Waals surface area contributed by atoms with Crippen LogP contribution in [0.3, 0.4) is 0 Å². The van der Waals surface area contributed by atoms with Crippen molar-refractivity contribution in [1.82, 2.24) is 0 Å². The van der Waals surface area contributed by atoms with Crippen LogP contribution in [0.2, 0.25) is 0 Å². The van der Waals surface area contributed by atoms with Crippen molar-refractivity contribution in [1.29, 1.82) is 0 Å². The summed E-state index contributed by atoms with van der Waals surface area (Å²) in [5.74, 6) is -1.83. The number of isocyanates is 1. The summed E-state index contributed by atoms with van der Waals surface area (Å²) in [6.45, 7) is 8.33. The van der Waals surface area contributed by atoms with E-state index >= 15 is 0 Å². The van der Waals surface area contributed by atoms with Crippen molar-refractivity contribution in [3.05, 3.63) is 0 Å². The second-order valence-electron chi connectivity index (χ2n) is 4.83. The predicted octanol–water partition coefficient (Wildman–Crippen LogP) is 2.41. The van der Waals surface area contributed by atoms with Crippen LogP contribution in [0.5, 0.6) is 0 Å². The maximum atomic E-state index is 10.2. The maximum absolute atomic E-state index is 10.2. The van der Waals surface area contributed by atoms with E-state index in [0.717, 1.165) is 12.8 Å². The largest absolute Gasteiger partial charge is 0.346 e. The van der Waals surface area contributed by atoms with Crippen LogP contribution in [0.1, 0.15) is 46.5 Å². The fourth-order valence-corrected chi connectivity index (χ4v) is 2.87. The molecule has 6 nitrogen and oxygen atoms in total. The molecule has 0 aromatic rings. The Morgan fingerprint density at radius 2 is 1.81 bits per heavy atom. The Balaban J connectivity index is 2.97. The van der Waals surface area contributed by atoms with Crippen LogP contribution in [0, 0.1) is 0 Å². The monoisotopic (exact) mass is 301 g/mol. The molecular weight excluding hydrogens is 274 g/mol. The molecule has 1 aliphatic heterocycles. The molecule has 1 aliphatic rings. The Morgan fingerprint density at radius 1 is 1.14 bits per heavy atom. The number of hydrogen-bond acceptors (Lipinski definition) is 6. The highest BCUT2D eigenvalue weighted by Gasteiger charge is 2.57. The van der Waals surface area contributed by atoms with Gasteiger partial charge in [0.2, 0.25) is 17.7 Å². The molecule has 0 N–H and O–H groups in total. The third kappa shape index (κ3) is 4.34. The van der Waals surface area contributed by atoms with Crippen LogP contribution in [0.15, 0.2) is 4.99 Å². The molecule has 6 heteroatoms. The Labute approximate surface area is 126 Å². The second kappa shape index (κ2) is 9.28. The van der Waals surface area contributed by atoms with E-state index in [1.54, 1.807) is 6.08 Å². The Bertz CT molecular complexity index is 327. The van der Waals surface area contributed by atoms with Gasteiger partial charge in [0.25, 0.3) is 0 Å². The van der Waals surface area contributed by atoms with Crippen LogP contribution in [0.4, 0.5) is 0 Å². The summed E-state index contributed by atoms with van der Waals surface area (Å²) in [6.07, 6.45) is 4.35. The fourth-order valence-electron chi connectivity index (χ4n) is 2.87. The quantitative estimate of drug-likeness (QED) is 0.268.